The van der Waals surface area contributed by atoms with Crippen LogP contribution in [0.25, 0.3) is 11.1 Å². The fraction of sp³-hybridized carbons (Fsp3) is 0.174. The summed E-state index contributed by atoms with van der Waals surface area (Å²) in [6.45, 7) is 1.93. The largest absolute Gasteiger partial charge is 0.467 e. The molecule has 0 fully saturated rings. The molecule has 138 valence electrons. The van der Waals surface area contributed by atoms with Crippen LogP contribution in [0, 0.1) is 0 Å². The Morgan fingerprint density at radius 2 is 1.44 bits per heavy atom. The summed E-state index contributed by atoms with van der Waals surface area (Å²) in [6.07, 6.45) is 0. The van der Waals surface area contributed by atoms with Gasteiger partial charge in [-0.15, -0.1) is 11.6 Å². The highest BCUT2D eigenvalue weighted by molar-refractivity contribution is 6.35. The molecule has 0 saturated carbocycles. The summed E-state index contributed by atoms with van der Waals surface area (Å²) in [5, 5.41) is 0.586. The van der Waals surface area contributed by atoms with Crippen molar-refractivity contribution in [2.24, 2.45) is 0 Å². The quantitative estimate of drug-likeness (QED) is 0.366. The van der Waals surface area contributed by atoms with Gasteiger partial charge >= 0.3 is 5.97 Å². The number of alkyl halides is 1. The number of ether oxygens (including phenoxy) is 1. The number of carbonyl (C=O) groups is 1. The standard InChI is InChI=1S/C23H20Cl2O2/c1-16(17-8-10-19(11-9-17)18-6-4-3-5-7-18)23(25,22(26)27-2)20-12-14-21(24)15-13-20/h3-16H,1-2H3. The van der Waals surface area contributed by atoms with Crippen molar-refractivity contribution >= 4 is 29.2 Å². The molecule has 0 aliphatic carbocycles. The third-order valence-electron chi connectivity index (χ3n) is 4.86. The van der Waals surface area contributed by atoms with E-state index in [0.717, 1.165) is 16.7 Å². The molecule has 0 spiro atoms. The van der Waals surface area contributed by atoms with E-state index in [-0.39, 0.29) is 5.92 Å². The lowest BCUT2D eigenvalue weighted by atomic mass is 9.81. The summed E-state index contributed by atoms with van der Waals surface area (Å²) in [5.74, 6) is -0.802. The predicted molar refractivity (Wildman–Crippen MR) is 111 cm³/mol. The maximum atomic E-state index is 12.6. The molecule has 4 heteroatoms. The second kappa shape index (κ2) is 8.16. The van der Waals surface area contributed by atoms with Crippen LogP contribution in [0.15, 0.2) is 78.9 Å². The van der Waals surface area contributed by atoms with Crippen molar-refractivity contribution in [2.45, 2.75) is 17.7 Å². The van der Waals surface area contributed by atoms with Crippen molar-refractivity contribution in [3.63, 3.8) is 0 Å². The first-order valence-electron chi connectivity index (χ1n) is 8.65. The van der Waals surface area contributed by atoms with Gasteiger partial charge in [-0.1, -0.05) is 85.3 Å². The van der Waals surface area contributed by atoms with Crippen LogP contribution < -0.4 is 0 Å². The molecule has 2 atom stereocenters. The van der Waals surface area contributed by atoms with Gasteiger partial charge in [-0.05, 0) is 34.4 Å². The minimum absolute atomic E-state index is 0.308. The van der Waals surface area contributed by atoms with E-state index in [1.807, 2.05) is 49.4 Å². The van der Waals surface area contributed by atoms with E-state index in [9.17, 15) is 4.79 Å². The molecule has 0 radical (unpaired) electrons. The van der Waals surface area contributed by atoms with E-state index in [2.05, 4.69) is 12.1 Å². The van der Waals surface area contributed by atoms with E-state index in [1.54, 1.807) is 24.3 Å². The number of benzene rings is 3. The third-order valence-corrected chi connectivity index (χ3v) is 5.81. The maximum absolute atomic E-state index is 12.6. The second-order valence-corrected chi connectivity index (χ2v) is 7.45. The molecule has 3 aromatic carbocycles. The van der Waals surface area contributed by atoms with Gasteiger partial charge in [0.15, 0.2) is 4.87 Å². The van der Waals surface area contributed by atoms with Gasteiger partial charge in [0, 0.05) is 10.9 Å². The van der Waals surface area contributed by atoms with Crippen molar-refractivity contribution in [2.75, 3.05) is 7.11 Å². The number of halogens is 2. The van der Waals surface area contributed by atoms with E-state index in [4.69, 9.17) is 27.9 Å². The summed E-state index contributed by atoms with van der Waals surface area (Å²) < 4.78 is 5.03. The summed E-state index contributed by atoms with van der Waals surface area (Å²) in [5.41, 5.74) is 3.85. The minimum atomic E-state index is -1.34. The van der Waals surface area contributed by atoms with Crippen molar-refractivity contribution in [3.8, 4) is 11.1 Å². The molecule has 2 unspecified atom stereocenters. The Bertz CT molecular complexity index is 905. The number of carbonyl (C=O) groups excluding carboxylic acids is 1. The molecule has 0 heterocycles. The second-order valence-electron chi connectivity index (χ2n) is 6.42. The molecule has 27 heavy (non-hydrogen) atoms. The van der Waals surface area contributed by atoms with Crippen molar-refractivity contribution in [1.29, 1.82) is 0 Å². The zero-order chi connectivity index (χ0) is 19.4. The number of hydrogen-bond donors (Lipinski definition) is 0. The lowest BCUT2D eigenvalue weighted by molar-refractivity contribution is -0.144. The Kier molecular flexibility index (Phi) is 5.88. The SMILES string of the molecule is COC(=O)C(Cl)(c1ccc(Cl)cc1)C(C)c1ccc(-c2ccccc2)cc1. The van der Waals surface area contributed by atoms with Crippen LogP contribution in [0.5, 0.6) is 0 Å². The highest BCUT2D eigenvalue weighted by atomic mass is 35.5. The molecular weight excluding hydrogens is 379 g/mol. The number of methoxy groups -OCH3 is 1. The molecule has 3 rings (SSSR count). The van der Waals surface area contributed by atoms with Gasteiger partial charge in [-0.2, -0.15) is 0 Å². The summed E-state index contributed by atoms with van der Waals surface area (Å²) in [7, 11) is 1.35. The normalized spacial score (nSPS) is 14.2. The molecule has 3 aromatic rings. The van der Waals surface area contributed by atoms with Crippen LogP contribution in [-0.2, 0) is 14.4 Å². The number of esters is 1. The Morgan fingerprint density at radius 3 is 2.00 bits per heavy atom. The molecule has 0 bridgehead atoms. The maximum Gasteiger partial charge on any atom is 0.332 e. The molecule has 0 aromatic heterocycles. The Hall–Kier alpha value is -2.29. The van der Waals surface area contributed by atoms with E-state index in [0.29, 0.717) is 10.6 Å². The molecule has 0 saturated heterocycles. The van der Waals surface area contributed by atoms with Crippen molar-refractivity contribution in [1.82, 2.24) is 0 Å². The lowest BCUT2D eigenvalue weighted by Gasteiger charge is -2.31. The highest BCUT2D eigenvalue weighted by Gasteiger charge is 2.45. The fourth-order valence-electron chi connectivity index (χ4n) is 3.21. The Morgan fingerprint density at radius 1 is 0.889 bits per heavy atom. The monoisotopic (exact) mass is 398 g/mol. The van der Waals surface area contributed by atoms with E-state index >= 15 is 0 Å². The van der Waals surface area contributed by atoms with E-state index < -0.39 is 10.8 Å². The van der Waals surface area contributed by atoms with Gasteiger partial charge in [0.2, 0.25) is 0 Å². The topological polar surface area (TPSA) is 26.3 Å². The lowest BCUT2D eigenvalue weighted by Crippen LogP contribution is -2.36. The molecule has 2 nitrogen and oxygen atoms in total. The third kappa shape index (κ3) is 3.87. The predicted octanol–water partition coefficient (Wildman–Crippen LogP) is 6.42. The van der Waals surface area contributed by atoms with Crippen LogP contribution in [-0.4, -0.2) is 13.1 Å². The molecule has 0 N–H and O–H groups in total. The average Bonchev–Trinajstić information content (AvgIpc) is 2.73. The number of rotatable bonds is 5. The van der Waals surface area contributed by atoms with Gasteiger partial charge in [0.25, 0.3) is 0 Å². The average molecular weight is 399 g/mol. The highest BCUT2D eigenvalue weighted by Crippen LogP contribution is 2.44. The molecular formula is C23H20Cl2O2. The summed E-state index contributed by atoms with van der Waals surface area (Å²) >= 11 is 12.9. The zero-order valence-electron chi connectivity index (χ0n) is 15.2. The minimum Gasteiger partial charge on any atom is -0.467 e. The first kappa shape index (κ1) is 19.5. The van der Waals surface area contributed by atoms with Crippen LogP contribution in [0.1, 0.15) is 24.0 Å². The molecule has 0 aliphatic heterocycles. The van der Waals surface area contributed by atoms with Gasteiger partial charge < -0.3 is 4.74 Å². The Labute approximate surface area is 169 Å². The Balaban J connectivity index is 1.98. The first-order valence-corrected chi connectivity index (χ1v) is 9.41. The van der Waals surface area contributed by atoms with Crippen LogP contribution in [0.3, 0.4) is 0 Å². The van der Waals surface area contributed by atoms with Crippen molar-refractivity contribution < 1.29 is 9.53 Å². The zero-order valence-corrected chi connectivity index (χ0v) is 16.7. The number of hydrogen-bond acceptors (Lipinski definition) is 2. The summed E-state index contributed by atoms with van der Waals surface area (Å²) in [4.78, 5) is 11.3. The van der Waals surface area contributed by atoms with Gasteiger partial charge in [-0.25, -0.2) is 4.79 Å². The van der Waals surface area contributed by atoms with Crippen molar-refractivity contribution in [3.05, 3.63) is 95.0 Å². The smallest absolute Gasteiger partial charge is 0.332 e. The van der Waals surface area contributed by atoms with Crippen LogP contribution in [0.2, 0.25) is 5.02 Å². The summed E-state index contributed by atoms with van der Waals surface area (Å²) in [6, 6.07) is 25.2. The van der Waals surface area contributed by atoms with Crippen LogP contribution >= 0.6 is 23.2 Å². The van der Waals surface area contributed by atoms with Crippen LogP contribution in [0.4, 0.5) is 0 Å². The van der Waals surface area contributed by atoms with Gasteiger partial charge in [0.05, 0.1) is 7.11 Å². The molecule has 0 amide bonds. The van der Waals surface area contributed by atoms with E-state index in [1.165, 1.54) is 7.11 Å². The fourth-order valence-corrected chi connectivity index (χ4v) is 3.67. The van der Waals surface area contributed by atoms with Gasteiger partial charge in [-0.3, -0.25) is 0 Å². The molecule has 0 aliphatic rings. The first-order chi connectivity index (χ1) is 13.0. The van der Waals surface area contributed by atoms with Gasteiger partial charge in [0.1, 0.15) is 0 Å².